The summed E-state index contributed by atoms with van der Waals surface area (Å²) in [5, 5.41) is 0.609. The van der Waals surface area contributed by atoms with Gasteiger partial charge >= 0.3 is 0 Å². The average molecular weight is 475 g/mol. The molecular weight excluding hydrogens is 452 g/mol. The molecule has 0 spiro atoms. The molecule has 0 radical (unpaired) electrons. The molecule has 8 heteroatoms. The van der Waals surface area contributed by atoms with E-state index in [4.69, 9.17) is 23.9 Å². The molecule has 1 fully saturated rings. The maximum Gasteiger partial charge on any atom is 0.267 e. The number of carbonyl (C=O) groups excluding carboxylic acids is 1. The van der Waals surface area contributed by atoms with Crippen LogP contribution in [0.4, 0.5) is 5.69 Å². The number of ether oxygens (including phenoxy) is 4. The minimum Gasteiger partial charge on any atom is -0.497 e. The minimum atomic E-state index is -0.129. The summed E-state index contributed by atoms with van der Waals surface area (Å²) in [5.74, 6) is 2.48. The molecule has 1 amide bonds. The van der Waals surface area contributed by atoms with Crippen molar-refractivity contribution in [3.63, 3.8) is 0 Å². The Morgan fingerprint density at radius 2 is 1.74 bits per heavy atom. The molecule has 0 aliphatic carbocycles. The van der Waals surface area contributed by atoms with Crippen LogP contribution in [-0.4, -0.2) is 37.0 Å². The molecule has 3 aromatic carbocycles. The highest BCUT2D eigenvalue weighted by Gasteiger charge is 2.34. The number of amides is 1. The van der Waals surface area contributed by atoms with Gasteiger partial charge in [0.1, 0.15) is 11.5 Å². The van der Waals surface area contributed by atoms with Gasteiger partial charge in [-0.25, -0.2) is 4.99 Å². The van der Waals surface area contributed by atoms with Crippen molar-refractivity contribution in [1.29, 1.82) is 0 Å². The number of aliphatic imine (C=N–C) groups is 1. The number of methoxy groups -OCH3 is 2. The van der Waals surface area contributed by atoms with Crippen molar-refractivity contribution in [3.8, 4) is 23.0 Å². The van der Waals surface area contributed by atoms with Gasteiger partial charge in [-0.15, -0.1) is 0 Å². The summed E-state index contributed by atoms with van der Waals surface area (Å²) in [4.78, 5) is 20.5. The zero-order valence-corrected chi connectivity index (χ0v) is 19.5. The Labute approximate surface area is 201 Å². The zero-order valence-electron chi connectivity index (χ0n) is 18.7. The van der Waals surface area contributed by atoms with Gasteiger partial charge in [-0.1, -0.05) is 30.3 Å². The molecule has 7 nitrogen and oxygen atoms in total. The number of rotatable bonds is 6. The molecule has 2 aliphatic rings. The van der Waals surface area contributed by atoms with E-state index in [0.29, 0.717) is 33.9 Å². The van der Waals surface area contributed by atoms with E-state index < -0.39 is 0 Å². The molecule has 2 heterocycles. The van der Waals surface area contributed by atoms with Gasteiger partial charge in [0.15, 0.2) is 16.7 Å². The molecule has 0 atom stereocenters. The lowest BCUT2D eigenvalue weighted by Crippen LogP contribution is -2.28. The van der Waals surface area contributed by atoms with Gasteiger partial charge in [-0.2, -0.15) is 0 Å². The molecule has 0 N–H and O–H groups in total. The topological polar surface area (TPSA) is 69.6 Å². The van der Waals surface area contributed by atoms with Gasteiger partial charge in [0.25, 0.3) is 5.91 Å². The summed E-state index contributed by atoms with van der Waals surface area (Å²) in [5.41, 5.74) is 2.48. The number of fused-ring (bicyclic) bond motifs is 1. The Morgan fingerprint density at radius 1 is 1.00 bits per heavy atom. The van der Waals surface area contributed by atoms with Crippen molar-refractivity contribution in [3.05, 3.63) is 82.8 Å². The lowest BCUT2D eigenvalue weighted by atomic mass is 10.1. The van der Waals surface area contributed by atoms with Crippen LogP contribution in [0.1, 0.15) is 11.1 Å². The summed E-state index contributed by atoms with van der Waals surface area (Å²) in [6, 6.07) is 20.8. The van der Waals surface area contributed by atoms with Gasteiger partial charge < -0.3 is 18.9 Å². The Hall–Kier alpha value is -3.91. The molecule has 2 aliphatic heterocycles. The number of hydrogen-bond acceptors (Lipinski definition) is 7. The van der Waals surface area contributed by atoms with Crippen molar-refractivity contribution >= 4 is 34.6 Å². The largest absolute Gasteiger partial charge is 0.497 e. The number of thioether (sulfide) groups is 1. The van der Waals surface area contributed by atoms with Crippen LogP contribution in [0.3, 0.4) is 0 Å². The second kappa shape index (κ2) is 9.52. The van der Waals surface area contributed by atoms with E-state index in [1.165, 1.54) is 11.8 Å². The summed E-state index contributed by atoms with van der Waals surface area (Å²) in [7, 11) is 3.21. The van der Waals surface area contributed by atoms with Gasteiger partial charge in [0, 0.05) is 11.6 Å². The van der Waals surface area contributed by atoms with Crippen LogP contribution >= 0.6 is 11.8 Å². The predicted octanol–water partition coefficient (Wildman–Crippen LogP) is 5.24. The smallest absolute Gasteiger partial charge is 0.267 e. The summed E-state index contributed by atoms with van der Waals surface area (Å²) < 4.78 is 21.7. The van der Waals surface area contributed by atoms with Crippen LogP contribution in [-0.2, 0) is 11.3 Å². The molecule has 0 saturated carbocycles. The first-order valence-electron chi connectivity index (χ1n) is 10.6. The highest BCUT2D eigenvalue weighted by molar-refractivity contribution is 8.18. The molecule has 0 bridgehead atoms. The fourth-order valence-corrected chi connectivity index (χ4v) is 4.62. The molecule has 34 heavy (non-hydrogen) atoms. The fourth-order valence-electron chi connectivity index (χ4n) is 3.63. The maximum atomic E-state index is 13.5. The van der Waals surface area contributed by atoms with E-state index in [9.17, 15) is 4.79 Å². The van der Waals surface area contributed by atoms with Gasteiger partial charge in [-0.05, 0) is 53.7 Å². The van der Waals surface area contributed by atoms with E-state index in [0.717, 1.165) is 22.6 Å². The molecule has 0 aromatic heterocycles. The van der Waals surface area contributed by atoms with Gasteiger partial charge in [0.05, 0.1) is 31.4 Å². The third-order valence-corrected chi connectivity index (χ3v) is 6.39. The Bertz CT molecular complexity index is 1270. The Morgan fingerprint density at radius 3 is 2.44 bits per heavy atom. The number of benzene rings is 3. The third kappa shape index (κ3) is 4.45. The first-order chi connectivity index (χ1) is 16.6. The van der Waals surface area contributed by atoms with Crippen LogP contribution in [0.5, 0.6) is 23.0 Å². The first-order valence-corrected chi connectivity index (χ1v) is 11.4. The Kier molecular flexibility index (Phi) is 6.14. The fraction of sp³-hybridized carbons (Fsp3) is 0.154. The van der Waals surface area contributed by atoms with Gasteiger partial charge in [0.2, 0.25) is 6.79 Å². The van der Waals surface area contributed by atoms with Crippen molar-refractivity contribution in [1.82, 2.24) is 4.90 Å². The van der Waals surface area contributed by atoms with E-state index >= 15 is 0 Å². The van der Waals surface area contributed by atoms with Crippen LogP contribution < -0.4 is 18.9 Å². The molecule has 172 valence electrons. The predicted molar refractivity (Wildman–Crippen MR) is 132 cm³/mol. The van der Waals surface area contributed by atoms with Crippen molar-refractivity contribution in [2.45, 2.75) is 6.54 Å². The molecule has 0 unspecified atom stereocenters. The monoisotopic (exact) mass is 474 g/mol. The molecule has 3 aromatic rings. The summed E-state index contributed by atoms with van der Waals surface area (Å²) >= 11 is 1.33. The van der Waals surface area contributed by atoms with Crippen molar-refractivity contribution < 1.29 is 23.7 Å². The minimum absolute atomic E-state index is 0.129. The van der Waals surface area contributed by atoms with Crippen molar-refractivity contribution in [2.75, 3.05) is 21.0 Å². The highest BCUT2D eigenvalue weighted by atomic mass is 32.2. The quantitative estimate of drug-likeness (QED) is 0.455. The van der Waals surface area contributed by atoms with Crippen LogP contribution in [0.15, 0.2) is 76.6 Å². The second-order valence-corrected chi connectivity index (χ2v) is 8.54. The van der Waals surface area contributed by atoms with E-state index in [1.54, 1.807) is 25.2 Å². The number of carbonyl (C=O) groups is 1. The summed E-state index contributed by atoms with van der Waals surface area (Å²) in [6.07, 6.45) is 1.81. The first kappa shape index (κ1) is 21.9. The lowest BCUT2D eigenvalue weighted by Gasteiger charge is -2.16. The third-order valence-electron chi connectivity index (χ3n) is 5.38. The van der Waals surface area contributed by atoms with Crippen LogP contribution in [0, 0.1) is 0 Å². The Balaban J connectivity index is 1.51. The SMILES string of the molecule is COc1ccc(CN2C(=O)C(=Cc3cc4c(cc3OC)OCO4)SC2=Nc2ccccc2)cc1. The van der Waals surface area contributed by atoms with Crippen molar-refractivity contribution in [2.24, 2.45) is 4.99 Å². The standard InChI is InChI=1S/C26H22N2O5S/c1-30-20-10-8-17(9-11-20)15-28-25(29)24(34-26(28)27-19-6-4-3-5-7-19)13-18-12-22-23(33-16-32-22)14-21(18)31-2/h3-14H,15-16H2,1-2H3. The van der Waals surface area contributed by atoms with E-state index in [2.05, 4.69) is 0 Å². The number of para-hydroxylation sites is 1. The van der Waals surface area contributed by atoms with Crippen LogP contribution in [0.2, 0.25) is 0 Å². The molecule has 5 rings (SSSR count). The maximum absolute atomic E-state index is 13.5. The normalized spacial score (nSPS) is 17.0. The second-order valence-electron chi connectivity index (χ2n) is 7.53. The van der Waals surface area contributed by atoms with Gasteiger partial charge in [-0.3, -0.25) is 9.69 Å². The number of hydrogen-bond donors (Lipinski definition) is 0. The van der Waals surface area contributed by atoms with E-state index in [1.807, 2.05) is 66.7 Å². The van der Waals surface area contributed by atoms with E-state index in [-0.39, 0.29) is 12.7 Å². The molecule has 1 saturated heterocycles. The lowest BCUT2D eigenvalue weighted by molar-refractivity contribution is -0.122. The summed E-state index contributed by atoms with van der Waals surface area (Å²) in [6.45, 7) is 0.548. The zero-order chi connectivity index (χ0) is 23.5. The average Bonchev–Trinajstić information content (AvgIpc) is 3.44. The number of amidine groups is 1. The number of nitrogens with zero attached hydrogens (tertiary/aromatic N) is 2. The van der Waals surface area contributed by atoms with Crippen LogP contribution in [0.25, 0.3) is 6.08 Å². The highest BCUT2D eigenvalue weighted by Crippen LogP contribution is 2.41. The molecular formula is C26H22N2O5S.